The lowest BCUT2D eigenvalue weighted by Crippen LogP contribution is -2.11. The quantitative estimate of drug-likeness (QED) is 0.253. The minimum absolute atomic E-state index is 0.0476. The molecule has 1 aromatic rings. The molecular weight excluding hydrogens is 322 g/mol. The Morgan fingerprint density at radius 2 is 2.04 bits per heavy atom. The van der Waals surface area contributed by atoms with Crippen LogP contribution in [0.1, 0.15) is 71.4 Å². The van der Waals surface area contributed by atoms with E-state index in [1.165, 1.54) is 5.57 Å². The third-order valence-electron chi connectivity index (χ3n) is 4.09. The fourth-order valence-electron chi connectivity index (χ4n) is 2.42. The smallest absolute Gasteiger partial charge is 0.199 e. The standard InChI is InChI=1S/C23H35NO2/c1-7-13-21(25-6)17-16-19(2)14-11-9-8-10-12-15-20-18-26-22(24-20)23(3,4)5/h7,9,11-12,14-15,18,21H,1,8,10,13,16-17H2,2-6H3/b11-9+,15-12-,19-14+/t21-/m0/s1. The van der Waals surface area contributed by atoms with Gasteiger partial charge in [-0.1, -0.05) is 56.7 Å². The second kappa shape index (κ2) is 11.7. The van der Waals surface area contributed by atoms with Crippen LogP contribution in [0, 0.1) is 0 Å². The molecule has 0 radical (unpaired) electrons. The predicted molar refractivity (Wildman–Crippen MR) is 111 cm³/mol. The average Bonchev–Trinajstić information content (AvgIpc) is 3.07. The van der Waals surface area contributed by atoms with E-state index in [9.17, 15) is 0 Å². The van der Waals surface area contributed by atoms with Crippen molar-refractivity contribution in [3.05, 3.63) is 60.4 Å². The van der Waals surface area contributed by atoms with Gasteiger partial charge in [0.2, 0.25) is 0 Å². The van der Waals surface area contributed by atoms with E-state index >= 15 is 0 Å². The molecule has 3 nitrogen and oxygen atoms in total. The van der Waals surface area contributed by atoms with Crippen LogP contribution in [0.3, 0.4) is 0 Å². The molecule has 0 N–H and O–H groups in total. The summed E-state index contributed by atoms with van der Waals surface area (Å²) >= 11 is 0. The first-order valence-electron chi connectivity index (χ1n) is 9.45. The maximum atomic E-state index is 5.52. The number of allylic oxidation sites excluding steroid dienone is 5. The summed E-state index contributed by atoms with van der Waals surface area (Å²) in [6.07, 6.45) is 19.6. The molecule has 0 saturated heterocycles. The molecule has 144 valence electrons. The summed E-state index contributed by atoms with van der Waals surface area (Å²) in [6.45, 7) is 12.2. The molecule has 0 aliphatic heterocycles. The Bertz CT molecular complexity index is 614. The van der Waals surface area contributed by atoms with Gasteiger partial charge in [-0.2, -0.15) is 0 Å². The molecule has 0 amide bonds. The molecule has 1 rings (SSSR count). The number of hydrogen-bond donors (Lipinski definition) is 0. The van der Waals surface area contributed by atoms with Crippen LogP contribution in [0.25, 0.3) is 6.08 Å². The first kappa shape index (κ1) is 22.2. The van der Waals surface area contributed by atoms with Gasteiger partial charge in [0, 0.05) is 12.5 Å². The van der Waals surface area contributed by atoms with Gasteiger partial charge in [-0.05, 0) is 45.1 Å². The van der Waals surface area contributed by atoms with E-state index in [2.05, 4.69) is 63.6 Å². The van der Waals surface area contributed by atoms with E-state index in [0.29, 0.717) is 0 Å². The maximum Gasteiger partial charge on any atom is 0.199 e. The van der Waals surface area contributed by atoms with Gasteiger partial charge in [-0.15, -0.1) is 6.58 Å². The molecule has 0 aromatic carbocycles. The molecule has 26 heavy (non-hydrogen) atoms. The maximum absolute atomic E-state index is 5.52. The summed E-state index contributed by atoms with van der Waals surface area (Å²) in [4.78, 5) is 4.50. The van der Waals surface area contributed by atoms with Crippen molar-refractivity contribution in [2.24, 2.45) is 0 Å². The van der Waals surface area contributed by atoms with Crippen molar-refractivity contribution in [2.75, 3.05) is 7.11 Å². The Labute approximate surface area is 159 Å². The van der Waals surface area contributed by atoms with Crippen LogP contribution in [-0.2, 0) is 10.2 Å². The zero-order valence-electron chi connectivity index (χ0n) is 17.1. The number of unbranched alkanes of at least 4 members (excludes halogenated alkanes) is 1. The van der Waals surface area contributed by atoms with Gasteiger partial charge in [0.15, 0.2) is 5.89 Å². The number of hydrogen-bond acceptors (Lipinski definition) is 3. The summed E-state index contributed by atoms with van der Waals surface area (Å²) in [7, 11) is 1.77. The Kier molecular flexibility index (Phi) is 9.97. The fourth-order valence-corrected chi connectivity index (χ4v) is 2.42. The average molecular weight is 358 g/mol. The van der Waals surface area contributed by atoms with Crippen LogP contribution in [0.5, 0.6) is 0 Å². The van der Waals surface area contributed by atoms with E-state index in [1.54, 1.807) is 13.4 Å². The summed E-state index contributed by atoms with van der Waals surface area (Å²) in [5, 5.41) is 0. The number of methoxy groups -OCH3 is 1. The number of nitrogens with zero attached hydrogens (tertiary/aromatic N) is 1. The molecule has 0 aliphatic rings. The third kappa shape index (κ3) is 9.00. The van der Waals surface area contributed by atoms with E-state index in [-0.39, 0.29) is 11.5 Å². The Morgan fingerprint density at radius 1 is 1.31 bits per heavy atom. The number of ether oxygens (including phenoxy) is 1. The first-order valence-corrected chi connectivity index (χ1v) is 9.45. The van der Waals surface area contributed by atoms with Gasteiger partial charge in [0.05, 0.1) is 6.10 Å². The number of rotatable bonds is 11. The van der Waals surface area contributed by atoms with Crippen molar-refractivity contribution in [3.63, 3.8) is 0 Å². The second-order valence-corrected chi connectivity index (χ2v) is 7.67. The highest BCUT2D eigenvalue weighted by Gasteiger charge is 2.19. The molecular formula is C23H35NO2. The highest BCUT2D eigenvalue weighted by atomic mass is 16.5. The van der Waals surface area contributed by atoms with Crippen molar-refractivity contribution in [2.45, 2.75) is 71.3 Å². The SMILES string of the molecule is C=CC[C@@H](CC/C(C)=C/C=C/CC/C=C\c1coc(C(C)(C)C)n1)OC. The molecule has 0 bridgehead atoms. The third-order valence-corrected chi connectivity index (χ3v) is 4.09. The molecule has 0 aliphatic carbocycles. The van der Waals surface area contributed by atoms with Gasteiger partial charge in [-0.3, -0.25) is 0 Å². The predicted octanol–water partition coefficient (Wildman–Crippen LogP) is 6.64. The largest absolute Gasteiger partial charge is 0.448 e. The minimum atomic E-state index is -0.0476. The first-order chi connectivity index (χ1) is 12.4. The van der Waals surface area contributed by atoms with E-state index in [4.69, 9.17) is 9.15 Å². The molecule has 0 fully saturated rings. The zero-order chi connectivity index (χ0) is 19.4. The van der Waals surface area contributed by atoms with Crippen molar-refractivity contribution in [1.29, 1.82) is 0 Å². The highest BCUT2D eigenvalue weighted by molar-refractivity contribution is 5.42. The molecule has 1 atom stereocenters. The Hall–Kier alpha value is -1.87. The summed E-state index contributed by atoms with van der Waals surface area (Å²) in [5.41, 5.74) is 2.22. The molecule has 0 spiro atoms. The van der Waals surface area contributed by atoms with Crippen LogP contribution < -0.4 is 0 Å². The van der Waals surface area contributed by atoms with Crippen molar-refractivity contribution >= 4 is 6.08 Å². The number of oxazole rings is 1. The molecule has 0 unspecified atom stereocenters. The number of aromatic nitrogens is 1. The molecule has 1 aromatic heterocycles. The van der Waals surface area contributed by atoms with Gasteiger partial charge >= 0.3 is 0 Å². The summed E-state index contributed by atoms with van der Waals surface area (Å²) in [6, 6.07) is 0. The minimum Gasteiger partial charge on any atom is -0.448 e. The lowest BCUT2D eigenvalue weighted by atomic mass is 9.97. The topological polar surface area (TPSA) is 35.3 Å². The molecule has 0 saturated carbocycles. The van der Waals surface area contributed by atoms with Gasteiger partial charge in [0.25, 0.3) is 0 Å². The van der Waals surface area contributed by atoms with Crippen LogP contribution in [0.4, 0.5) is 0 Å². The second-order valence-electron chi connectivity index (χ2n) is 7.67. The van der Waals surface area contributed by atoms with Crippen LogP contribution in [-0.4, -0.2) is 18.2 Å². The van der Waals surface area contributed by atoms with E-state index in [1.807, 2.05) is 12.2 Å². The van der Waals surface area contributed by atoms with Crippen molar-refractivity contribution in [3.8, 4) is 0 Å². The molecule has 1 heterocycles. The van der Waals surface area contributed by atoms with Crippen LogP contribution in [0.15, 0.2) is 53.2 Å². The lowest BCUT2D eigenvalue weighted by molar-refractivity contribution is 0.0981. The fraction of sp³-hybridized carbons (Fsp3) is 0.522. The monoisotopic (exact) mass is 357 g/mol. The van der Waals surface area contributed by atoms with Gasteiger partial charge in [0.1, 0.15) is 12.0 Å². The van der Waals surface area contributed by atoms with Crippen LogP contribution in [0.2, 0.25) is 0 Å². The highest BCUT2D eigenvalue weighted by Crippen LogP contribution is 2.21. The van der Waals surface area contributed by atoms with E-state index in [0.717, 1.165) is 43.7 Å². The van der Waals surface area contributed by atoms with Crippen molar-refractivity contribution in [1.82, 2.24) is 4.98 Å². The normalized spacial score (nSPS) is 14.4. The Morgan fingerprint density at radius 3 is 2.65 bits per heavy atom. The van der Waals surface area contributed by atoms with Crippen molar-refractivity contribution < 1.29 is 9.15 Å². The molecule has 3 heteroatoms. The zero-order valence-corrected chi connectivity index (χ0v) is 17.1. The lowest BCUT2D eigenvalue weighted by Gasteiger charge is -2.12. The van der Waals surface area contributed by atoms with E-state index < -0.39 is 0 Å². The van der Waals surface area contributed by atoms with Gasteiger partial charge < -0.3 is 9.15 Å². The van der Waals surface area contributed by atoms with Crippen LogP contribution >= 0.6 is 0 Å². The Balaban J connectivity index is 2.29. The van der Waals surface area contributed by atoms with Gasteiger partial charge in [-0.25, -0.2) is 4.98 Å². The summed E-state index contributed by atoms with van der Waals surface area (Å²) < 4.78 is 10.9. The summed E-state index contributed by atoms with van der Waals surface area (Å²) in [5.74, 6) is 0.779.